The van der Waals surface area contributed by atoms with Crippen LogP contribution in [-0.2, 0) is 9.59 Å². The second-order valence-electron chi connectivity index (χ2n) is 5.62. The molecule has 4 heteroatoms. The molecule has 0 aliphatic heterocycles. The van der Waals surface area contributed by atoms with Gasteiger partial charge < -0.3 is 10.4 Å². The van der Waals surface area contributed by atoms with Crippen molar-refractivity contribution in [1.29, 1.82) is 0 Å². The van der Waals surface area contributed by atoms with Crippen molar-refractivity contribution in [1.82, 2.24) is 5.32 Å². The molecule has 2 saturated carbocycles. The van der Waals surface area contributed by atoms with Crippen molar-refractivity contribution in [3.05, 3.63) is 0 Å². The van der Waals surface area contributed by atoms with E-state index < -0.39 is 5.97 Å². The highest BCUT2D eigenvalue weighted by Gasteiger charge is 2.36. The van der Waals surface area contributed by atoms with E-state index in [2.05, 4.69) is 5.32 Å². The normalized spacial score (nSPS) is 23.1. The molecular formula is C13H21NO3. The zero-order valence-corrected chi connectivity index (χ0v) is 10.2. The molecule has 2 N–H and O–H groups in total. The van der Waals surface area contributed by atoms with E-state index in [-0.39, 0.29) is 23.7 Å². The first-order valence-corrected chi connectivity index (χ1v) is 6.61. The zero-order valence-electron chi connectivity index (χ0n) is 10.2. The van der Waals surface area contributed by atoms with Gasteiger partial charge in [-0.25, -0.2) is 0 Å². The molecule has 96 valence electrons. The molecule has 0 heterocycles. The molecule has 0 aromatic rings. The maximum absolute atomic E-state index is 11.6. The molecule has 1 amide bonds. The lowest BCUT2D eigenvalue weighted by atomic mass is 9.71. The first-order chi connectivity index (χ1) is 8.11. The molecule has 2 rings (SSSR count). The molecule has 4 nitrogen and oxygen atoms in total. The molecule has 17 heavy (non-hydrogen) atoms. The maximum Gasteiger partial charge on any atom is 0.303 e. The Morgan fingerprint density at radius 3 is 2.35 bits per heavy atom. The third-order valence-electron chi connectivity index (χ3n) is 4.03. The van der Waals surface area contributed by atoms with Gasteiger partial charge in [-0.15, -0.1) is 0 Å². The van der Waals surface area contributed by atoms with Gasteiger partial charge in [0.2, 0.25) is 5.91 Å². The van der Waals surface area contributed by atoms with Crippen LogP contribution < -0.4 is 5.32 Å². The van der Waals surface area contributed by atoms with Crippen LogP contribution in [0.25, 0.3) is 0 Å². The van der Waals surface area contributed by atoms with Crippen molar-refractivity contribution >= 4 is 11.9 Å². The minimum absolute atomic E-state index is 0.125. The second-order valence-corrected chi connectivity index (χ2v) is 5.62. The molecule has 0 atom stereocenters. The lowest BCUT2D eigenvalue weighted by Crippen LogP contribution is -2.40. The van der Waals surface area contributed by atoms with E-state index in [1.165, 1.54) is 6.42 Å². The second kappa shape index (κ2) is 5.07. The van der Waals surface area contributed by atoms with E-state index in [1.807, 2.05) is 0 Å². The van der Waals surface area contributed by atoms with E-state index in [9.17, 15) is 9.59 Å². The number of amides is 1. The molecule has 0 aromatic carbocycles. The van der Waals surface area contributed by atoms with Gasteiger partial charge in [0.15, 0.2) is 0 Å². The number of rotatable bonds is 5. The lowest BCUT2D eigenvalue weighted by Gasteiger charge is -2.36. The average Bonchev–Trinajstić information content (AvgIpc) is 3.10. The van der Waals surface area contributed by atoms with Crippen LogP contribution in [0.1, 0.15) is 51.4 Å². The molecule has 2 aliphatic rings. The van der Waals surface area contributed by atoms with Crippen molar-refractivity contribution in [3.63, 3.8) is 0 Å². The van der Waals surface area contributed by atoms with Gasteiger partial charge in [0.1, 0.15) is 0 Å². The fourth-order valence-corrected chi connectivity index (χ4v) is 2.80. The van der Waals surface area contributed by atoms with Crippen molar-refractivity contribution in [2.24, 2.45) is 11.3 Å². The van der Waals surface area contributed by atoms with Gasteiger partial charge in [-0.05, 0) is 31.1 Å². The Bertz CT molecular complexity index is 304. The van der Waals surface area contributed by atoms with E-state index in [4.69, 9.17) is 5.11 Å². The quantitative estimate of drug-likeness (QED) is 0.770. The van der Waals surface area contributed by atoms with Crippen LogP contribution in [0, 0.1) is 11.3 Å². The summed E-state index contributed by atoms with van der Waals surface area (Å²) in [6.45, 7) is 0.550. The van der Waals surface area contributed by atoms with Crippen LogP contribution in [0.4, 0.5) is 0 Å². The molecular weight excluding hydrogens is 218 g/mol. The molecule has 2 aliphatic carbocycles. The summed E-state index contributed by atoms with van der Waals surface area (Å²) in [4.78, 5) is 22.6. The Kier molecular flexibility index (Phi) is 3.69. The van der Waals surface area contributed by atoms with E-state index in [0.717, 1.165) is 38.5 Å². The summed E-state index contributed by atoms with van der Waals surface area (Å²) in [5.41, 5.74) is -0.186. The van der Waals surface area contributed by atoms with Gasteiger partial charge in [-0.1, -0.05) is 19.3 Å². The molecule has 0 radical (unpaired) electrons. The summed E-state index contributed by atoms with van der Waals surface area (Å²) in [5, 5.41) is 12.0. The van der Waals surface area contributed by atoms with Gasteiger partial charge in [0.05, 0.1) is 6.42 Å². The van der Waals surface area contributed by atoms with Crippen LogP contribution >= 0.6 is 0 Å². The Morgan fingerprint density at radius 1 is 1.18 bits per heavy atom. The predicted octanol–water partition coefficient (Wildman–Crippen LogP) is 1.94. The largest absolute Gasteiger partial charge is 0.481 e. The topological polar surface area (TPSA) is 66.4 Å². The molecule has 0 bridgehead atoms. The predicted molar refractivity (Wildman–Crippen MR) is 63.5 cm³/mol. The minimum Gasteiger partial charge on any atom is -0.481 e. The SMILES string of the molecule is O=C(O)CC1(CNC(=O)C2CC2)CCCCC1. The number of aliphatic carboxylic acids is 1. The summed E-state index contributed by atoms with van der Waals surface area (Å²) >= 11 is 0. The first-order valence-electron chi connectivity index (χ1n) is 6.61. The van der Waals surface area contributed by atoms with Gasteiger partial charge in [0, 0.05) is 12.5 Å². The highest BCUT2D eigenvalue weighted by molar-refractivity contribution is 5.80. The van der Waals surface area contributed by atoms with Crippen LogP contribution in [-0.4, -0.2) is 23.5 Å². The summed E-state index contributed by atoms with van der Waals surface area (Å²) in [7, 11) is 0. The standard InChI is InChI=1S/C13H21NO3/c15-11(16)8-13(6-2-1-3-7-13)9-14-12(17)10-4-5-10/h10H,1-9H2,(H,14,17)(H,15,16). The third kappa shape index (κ3) is 3.45. The Labute approximate surface area is 102 Å². The number of carbonyl (C=O) groups is 2. The molecule has 0 unspecified atom stereocenters. The first kappa shape index (κ1) is 12.4. The highest BCUT2D eigenvalue weighted by Crippen LogP contribution is 2.39. The lowest BCUT2D eigenvalue weighted by molar-refractivity contribution is -0.140. The van der Waals surface area contributed by atoms with Gasteiger partial charge in [-0.2, -0.15) is 0 Å². The highest BCUT2D eigenvalue weighted by atomic mass is 16.4. The summed E-state index contributed by atoms with van der Waals surface area (Å²) < 4.78 is 0. The summed E-state index contributed by atoms with van der Waals surface area (Å²) in [6.07, 6.45) is 7.43. The van der Waals surface area contributed by atoms with Gasteiger partial charge >= 0.3 is 5.97 Å². The summed E-state index contributed by atoms with van der Waals surface area (Å²) in [5.74, 6) is -0.409. The molecule has 0 spiro atoms. The van der Waals surface area contributed by atoms with Crippen LogP contribution in [0.2, 0.25) is 0 Å². The van der Waals surface area contributed by atoms with E-state index >= 15 is 0 Å². The third-order valence-corrected chi connectivity index (χ3v) is 4.03. The van der Waals surface area contributed by atoms with Crippen molar-refractivity contribution in [3.8, 4) is 0 Å². The molecule has 2 fully saturated rings. The van der Waals surface area contributed by atoms with Crippen LogP contribution in [0.5, 0.6) is 0 Å². The fraction of sp³-hybridized carbons (Fsp3) is 0.846. The smallest absolute Gasteiger partial charge is 0.303 e. The zero-order chi connectivity index (χ0) is 12.3. The Hall–Kier alpha value is -1.06. The fourth-order valence-electron chi connectivity index (χ4n) is 2.80. The summed E-state index contributed by atoms with van der Waals surface area (Å²) in [6, 6.07) is 0. The Morgan fingerprint density at radius 2 is 1.82 bits per heavy atom. The number of carboxylic acids is 1. The van der Waals surface area contributed by atoms with Crippen molar-refractivity contribution < 1.29 is 14.7 Å². The molecule has 0 saturated heterocycles. The van der Waals surface area contributed by atoms with Gasteiger partial charge in [0.25, 0.3) is 0 Å². The van der Waals surface area contributed by atoms with Crippen LogP contribution in [0.15, 0.2) is 0 Å². The number of nitrogens with one attached hydrogen (secondary N) is 1. The maximum atomic E-state index is 11.6. The average molecular weight is 239 g/mol. The van der Waals surface area contributed by atoms with E-state index in [1.54, 1.807) is 0 Å². The number of hydrogen-bond acceptors (Lipinski definition) is 2. The minimum atomic E-state index is -0.743. The number of carbonyl (C=O) groups excluding carboxylic acids is 1. The monoisotopic (exact) mass is 239 g/mol. The van der Waals surface area contributed by atoms with Crippen molar-refractivity contribution in [2.75, 3.05) is 6.54 Å². The van der Waals surface area contributed by atoms with Crippen LogP contribution in [0.3, 0.4) is 0 Å². The number of hydrogen-bond donors (Lipinski definition) is 2. The number of carboxylic acid groups (broad SMARTS) is 1. The van der Waals surface area contributed by atoms with Crippen molar-refractivity contribution in [2.45, 2.75) is 51.4 Å². The molecule has 0 aromatic heterocycles. The van der Waals surface area contributed by atoms with Gasteiger partial charge in [-0.3, -0.25) is 9.59 Å². The Balaban J connectivity index is 1.89. The van der Waals surface area contributed by atoms with E-state index in [0.29, 0.717) is 6.54 Å².